The van der Waals surface area contributed by atoms with Gasteiger partial charge in [0.25, 0.3) is 5.91 Å². The highest BCUT2D eigenvalue weighted by Crippen LogP contribution is 2.30. The van der Waals surface area contributed by atoms with E-state index in [1.165, 1.54) is 5.01 Å². The van der Waals surface area contributed by atoms with Crippen LogP contribution in [0.5, 0.6) is 0 Å². The molecule has 2 fully saturated rings. The topological polar surface area (TPSA) is 90.5 Å². The molecule has 26 heavy (non-hydrogen) atoms. The molecule has 1 aliphatic carbocycles. The minimum Gasteiger partial charge on any atom is -0.334 e. The fraction of sp³-hybridized carbons (Fsp3) is 0.526. The van der Waals surface area contributed by atoms with E-state index in [9.17, 15) is 14.4 Å². The first-order valence-corrected chi connectivity index (χ1v) is 9.30. The molecule has 0 bridgehead atoms. The van der Waals surface area contributed by atoms with E-state index in [0.717, 1.165) is 31.2 Å². The molecule has 1 aliphatic heterocycles. The van der Waals surface area contributed by atoms with Crippen LogP contribution >= 0.6 is 0 Å². The quantitative estimate of drug-likeness (QED) is 0.750. The second-order valence-electron chi connectivity index (χ2n) is 7.03. The van der Waals surface area contributed by atoms with Crippen LogP contribution in [-0.2, 0) is 16.1 Å². The van der Waals surface area contributed by atoms with Gasteiger partial charge in [-0.2, -0.15) is 0 Å². The van der Waals surface area contributed by atoms with Gasteiger partial charge < -0.3 is 10.6 Å². The van der Waals surface area contributed by atoms with E-state index < -0.39 is 5.54 Å². The van der Waals surface area contributed by atoms with E-state index in [1.54, 1.807) is 0 Å². The maximum Gasteiger partial charge on any atom is 0.315 e. The summed E-state index contributed by atoms with van der Waals surface area (Å²) in [4.78, 5) is 37.1. The Hall–Kier alpha value is -2.57. The maximum atomic E-state index is 12.8. The smallest absolute Gasteiger partial charge is 0.315 e. The molecule has 1 aromatic carbocycles. The van der Waals surface area contributed by atoms with Crippen LogP contribution in [0.15, 0.2) is 30.3 Å². The number of rotatable bonds is 5. The van der Waals surface area contributed by atoms with E-state index in [4.69, 9.17) is 0 Å². The third kappa shape index (κ3) is 4.33. The van der Waals surface area contributed by atoms with Crippen LogP contribution in [0.25, 0.3) is 0 Å². The second kappa shape index (κ2) is 8.21. The van der Waals surface area contributed by atoms with Gasteiger partial charge in [0.05, 0.1) is 0 Å². The lowest BCUT2D eigenvalue weighted by molar-refractivity contribution is -0.146. The zero-order chi connectivity index (χ0) is 18.4. The van der Waals surface area contributed by atoms with E-state index >= 15 is 0 Å². The normalized spacial score (nSPS) is 19.1. The molecular weight excluding hydrogens is 332 g/mol. The zero-order valence-corrected chi connectivity index (χ0v) is 14.9. The molecule has 0 atom stereocenters. The zero-order valence-electron chi connectivity index (χ0n) is 14.9. The highest BCUT2D eigenvalue weighted by Gasteiger charge is 2.43. The maximum absolute atomic E-state index is 12.8. The van der Waals surface area contributed by atoms with Crippen LogP contribution in [-0.4, -0.2) is 34.9 Å². The van der Waals surface area contributed by atoms with Gasteiger partial charge in [0.1, 0.15) is 5.54 Å². The Balaban J connectivity index is 1.58. The van der Waals surface area contributed by atoms with Crippen molar-refractivity contribution < 1.29 is 14.4 Å². The Morgan fingerprint density at radius 3 is 2.46 bits per heavy atom. The van der Waals surface area contributed by atoms with Crippen molar-refractivity contribution >= 4 is 17.8 Å². The van der Waals surface area contributed by atoms with Crippen molar-refractivity contribution in [3.8, 4) is 0 Å². The second-order valence-corrected chi connectivity index (χ2v) is 7.03. The minimum absolute atomic E-state index is 0.0636. The number of carbonyl (C=O) groups is 3. The van der Waals surface area contributed by atoms with Crippen LogP contribution in [0.4, 0.5) is 4.79 Å². The highest BCUT2D eigenvalue weighted by molar-refractivity contribution is 5.92. The monoisotopic (exact) mass is 358 g/mol. The predicted molar refractivity (Wildman–Crippen MR) is 96.7 cm³/mol. The fourth-order valence-corrected chi connectivity index (χ4v) is 3.58. The van der Waals surface area contributed by atoms with E-state index in [1.807, 2.05) is 30.3 Å². The molecule has 0 unspecified atom stereocenters. The SMILES string of the molecule is O=C(NCc1ccccc1)NC1(C(=O)NN2CCCCC2=O)CCCC1. The van der Waals surface area contributed by atoms with Gasteiger partial charge >= 0.3 is 6.03 Å². The van der Waals surface area contributed by atoms with Crippen molar-refractivity contribution in [1.29, 1.82) is 0 Å². The summed E-state index contributed by atoms with van der Waals surface area (Å²) in [6, 6.07) is 9.24. The van der Waals surface area contributed by atoms with Crippen LogP contribution in [0, 0.1) is 0 Å². The highest BCUT2D eigenvalue weighted by atomic mass is 16.2. The first-order chi connectivity index (χ1) is 12.6. The number of urea groups is 1. The van der Waals surface area contributed by atoms with E-state index in [0.29, 0.717) is 32.4 Å². The number of hydrogen-bond acceptors (Lipinski definition) is 3. The number of amides is 4. The number of benzene rings is 1. The van der Waals surface area contributed by atoms with Gasteiger partial charge in [-0.25, -0.2) is 4.79 Å². The Morgan fingerprint density at radius 1 is 1.04 bits per heavy atom. The summed E-state index contributed by atoms with van der Waals surface area (Å²) in [6.07, 6.45) is 5.11. The average molecular weight is 358 g/mol. The molecule has 7 heteroatoms. The van der Waals surface area contributed by atoms with E-state index in [-0.39, 0.29) is 17.8 Å². The molecule has 3 rings (SSSR count). The first-order valence-electron chi connectivity index (χ1n) is 9.30. The summed E-state index contributed by atoms with van der Waals surface area (Å²) in [7, 11) is 0. The standard InChI is InChI=1S/C19H26N4O3/c24-16-10-4-7-13-23(16)22-17(25)19(11-5-6-12-19)21-18(26)20-14-15-8-2-1-3-9-15/h1-3,8-9H,4-7,10-14H2,(H,22,25)(H2,20,21,26). The molecule has 0 radical (unpaired) electrons. The molecule has 3 N–H and O–H groups in total. The van der Waals surface area contributed by atoms with Crippen molar-refractivity contribution in [3.05, 3.63) is 35.9 Å². The number of piperidine rings is 1. The van der Waals surface area contributed by atoms with Crippen molar-refractivity contribution in [2.45, 2.75) is 57.0 Å². The number of hydrazine groups is 1. The Kier molecular flexibility index (Phi) is 5.75. The van der Waals surface area contributed by atoms with Crippen molar-refractivity contribution in [2.24, 2.45) is 0 Å². The molecule has 2 aliphatic rings. The van der Waals surface area contributed by atoms with Gasteiger partial charge in [0.2, 0.25) is 5.91 Å². The number of nitrogens with zero attached hydrogens (tertiary/aromatic N) is 1. The molecule has 1 saturated carbocycles. The van der Waals surface area contributed by atoms with E-state index in [2.05, 4.69) is 16.1 Å². The molecule has 7 nitrogen and oxygen atoms in total. The van der Waals surface area contributed by atoms with Crippen LogP contribution in [0.1, 0.15) is 50.5 Å². The summed E-state index contributed by atoms with van der Waals surface area (Å²) >= 11 is 0. The number of carbonyl (C=O) groups excluding carboxylic acids is 3. The summed E-state index contributed by atoms with van der Waals surface area (Å²) < 4.78 is 0. The van der Waals surface area contributed by atoms with Crippen LogP contribution in [0.3, 0.4) is 0 Å². The van der Waals surface area contributed by atoms with Crippen LogP contribution in [0.2, 0.25) is 0 Å². The van der Waals surface area contributed by atoms with Gasteiger partial charge in [-0.1, -0.05) is 43.2 Å². The molecule has 4 amide bonds. The lowest BCUT2D eigenvalue weighted by atomic mass is 9.96. The predicted octanol–water partition coefficient (Wildman–Crippen LogP) is 1.84. The summed E-state index contributed by atoms with van der Waals surface area (Å²) in [5, 5.41) is 7.07. The molecule has 1 aromatic rings. The van der Waals surface area contributed by atoms with Gasteiger partial charge in [-0.3, -0.25) is 20.0 Å². The first kappa shape index (κ1) is 18.2. The van der Waals surface area contributed by atoms with Gasteiger partial charge in [0, 0.05) is 19.5 Å². The number of hydrogen-bond donors (Lipinski definition) is 3. The number of nitrogens with one attached hydrogen (secondary N) is 3. The van der Waals surface area contributed by atoms with Crippen molar-refractivity contribution in [1.82, 2.24) is 21.1 Å². The average Bonchev–Trinajstić information content (AvgIpc) is 3.12. The largest absolute Gasteiger partial charge is 0.334 e. The minimum atomic E-state index is -0.946. The summed E-state index contributed by atoms with van der Waals surface area (Å²) in [6.45, 7) is 0.926. The fourth-order valence-electron chi connectivity index (χ4n) is 3.58. The molecule has 1 heterocycles. The Morgan fingerprint density at radius 2 is 1.77 bits per heavy atom. The third-order valence-electron chi connectivity index (χ3n) is 5.10. The molecule has 0 spiro atoms. The summed E-state index contributed by atoms with van der Waals surface area (Å²) in [5.74, 6) is -0.355. The third-order valence-corrected chi connectivity index (χ3v) is 5.10. The molecular formula is C19H26N4O3. The lowest BCUT2D eigenvalue weighted by Gasteiger charge is -2.34. The van der Waals surface area contributed by atoms with Gasteiger partial charge in [-0.05, 0) is 31.2 Å². The van der Waals surface area contributed by atoms with Crippen molar-refractivity contribution in [3.63, 3.8) is 0 Å². The lowest BCUT2D eigenvalue weighted by Crippen LogP contribution is -2.63. The molecule has 140 valence electrons. The van der Waals surface area contributed by atoms with Crippen LogP contribution < -0.4 is 16.1 Å². The summed E-state index contributed by atoms with van der Waals surface area (Å²) in [5.41, 5.74) is 2.78. The van der Waals surface area contributed by atoms with Gasteiger partial charge in [-0.15, -0.1) is 0 Å². The molecule has 0 aromatic heterocycles. The van der Waals surface area contributed by atoms with Gasteiger partial charge in [0.15, 0.2) is 0 Å². The Bertz CT molecular complexity index is 656. The van der Waals surface area contributed by atoms with Crippen molar-refractivity contribution in [2.75, 3.05) is 6.54 Å². The Labute approximate surface area is 153 Å². The molecule has 1 saturated heterocycles.